The van der Waals surface area contributed by atoms with Crippen LogP contribution in [0.2, 0.25) is 5.02 Å². The SMILES string of the molecule is CCOCCC(=O)c1sccc1Cl. The van der Waals surface area contributed by atoms with Crippen molar-refractivity contribution < 1.29 is 9.53 Å². The number of rotatable bonds is 5. The van der Waals surface area contributed by atoms with Crippen LogP contribution in [0.25, 0.3) is 0 Å². The molecular weight excluding hydrogens is 208 g/mol. The number of ketones is 1. The summed E-state index contributed by atoms with van der Waals surface area (Å²) in [6, 6.07) is 1.74. The van der Waals surface area contributed by atoms with Gasteiger partial charge in [0.1, 0.15) is 0 Å². The molecule has 0 N–H and O–H groups in total. The molecule has 1 aromatic rings. The fourth-order valence-electron chi connectivity index (χ4n) is 0.915. The molecule has 0 aliphatic rings. The average Bonchev–Trinajstić information content (AvgIpc) is 2.52. The predicted molar refractivity (Wildman–Crippen MR) is 54.8 cm³/mol. The molecule has 0 aliphatic heterocycles. The minimum atomic E-state index is 0.0634. The van der Waals surface area contributed by atoms with Crippen molar-refractivity contribution in [2.45, 2.75) is 13.3 Å². The number of Topliss-reactive ketones (excluding diaryl/α,β-unsaturated/α-hetero) is 1. The van der Waals surface area contributed by atoms with Gasteiger partial charge in [0.2, 0.25) is 0 Å². The summed E-state index contributed by atoms with van der Waals surface area (Å²) in [6.45, 7) is 3.03. The van der Waals surface area contributed by atoms with E-state index in [9.17, 15) is 4.79 Å². The molecule has 72 valence electrons. The number of carbonyl (C=O) groups is 1. The molecule has 0 fully saturated rings. The molecule has 0 amide bonds. The van der Waals surface area contributed by atoms with Crippen molar-refractivity contribution in [1.82, 2.24) is 0 Å². The third-order valence-corrected chi connectivity index (χ3v) is 2.93. The van der Waals surface area contributed by atoms with Crippen molar-refractivity contribution in [2.75, 3.05) is 13.2 Å². The number of thiophene rings is 1. The molecule has 2 nitrogen and oxygen atoms in total. The van der Waals surface area contributed by atoms with Crippen molar-refractivity contribution in [3.8, 4) is 0 Å². The third-order valence-electron chi connectivity index (χ3n) is 1.55. The van der Waals surface area contributed by atoms with Gasteiger partial charge in [-0.25, -0.2) is 0 Å². The summed E-state index contributed by atoms with van der Waals surface area (Å²) in [5.41, 5.74) is 0. The summed E-state index contributed by atoms with van der Waals surface area (Å²) >= 11 is 7.17. The minimum Gasteiger partial charge on any atom is -0.381 e. The highest BCUT2D eigenvalue weighted by molar-refractivity contribution is 7.12. The van der Waals surface area contributed by atoms with Gasteiger partial charge in [0.05, 0.1) is 16.5 Å². The van der Waals surface area contributed by atoms with Crippen LogP contribution in [0.4, 0.5) is 0 Å². The van der Waals surface area contributed by atoms with Crippen LogP contribution in [0.1, 0.15) is 23.0 Å². The molecule has 1 aromatic heterocycles. The van der Waals surface area contributed by atoms with Gasteiger partial charge in [0.15, 0.2) is 5.78 Å². The van der Waals surface area contributed by atoms with Crippen LogP contribution in [0.3, 0.4) is 0 Å². The van der Waals surface area contributed by atoms with Crippen LogP contribution in [-0.2, 0) is 4.74 Å². The number of hydrogen-bond acceptors (Lipinski definition) is 3. The van der Waals surface area contributed by atoms with E-state index in [0.29, 0.717) is 29.5 Å². The minimum absolute atomic E-state index is 0.0634. The number of carbonyl (C=O) groups excluding carboxylic acids is 1. The molecule has 1 rings (SSSR count). The Kier molecular flexibility index (Phi) is 4.42. The molecule has 0 atom stereocenters. The van der Waals surface area contributed by atoms with E-state index in [-0.39, 0.29) is 5.78 Å². The van der Waals surface area contributed by atoms with Gasteiger partial charge in [-0.05, 0) is 18.4 Å². The Morgan fingerprint density at radius 3 is 3.00 bits per heavy atom. The Hall–Kier alpha value is -0.380. The van der Waals surface area contributed by atoms with E-state index in [2.05, 4.69) is 0 Å². The number of halogens is 1. The maximum atomic E-state index is 11.4. The van der Waals surface area contributed by atoms with Gasteiger partial charge >= 0.3 is 0 Å². The van der Waals surface area contributed by atoms with Gasteiger partial charge in [-0.3, -0.25) is 4.79 Å². The van der Waals surface area contributed by atoms with Crippen molar-refractivity contribution >= 4 is 28.7 Å². The molecule has 0 spiro atoms. The molecule has 0 saturated carbocycles. The van der Waals surface area contributed by atoms with E-state index < -0.39 is 0 Å². The van der Waals surface area contributed by atoms with E-state index in [1.807, 2.05) is 12.3 Å². The monoisotopic (exact) mass is 218 g/mol. The lowest BCUT2D eigenvalue weighted by molar-refractivity contribution is 0.0900. The highest BCUT2D eigenvalue weighted by Gasteiger charge is 2.10. The largest absolute Gasteiger partial charge is 0.381 e. The van der Waals surface area contributed by atoms with Gasteiger partial charge < -0.3 is 4.74 Å². The maximum absolute atomic E-state index is 11.4. The zero-order valence-corrected chi connectivity index (χ0v) is 8.95. The molecular formula is C9H11ClO2S. The lowest BCUT2D eigenvalue weighted by Gasteiger charge is -1.99. The average molecular weight is 219 g/mol. The van der Waals surface area contributed by atoms with Crippen LogP contribution < -0.4 is 0 Å². The quantitative estimate of drug-likeness (QED) is 0.561. The van der Waals surface area contributed by atoms with Gasteiger partial charge in [-0.2, -0.15) is 0 Å². The molecule has 4 heteroatoms. The summed E-state index contributed by atoms with van der Waals surface area (Å²) in [5.74, 6) is 0.0634. The second kappa shape index (κ2) is 5.37. The summed E-state index contributed by atoms with van der Waals surface area (Å²) in [7, 11) is 0. The molecule has 13 heavy (non-hydrogen) atoms. The first-order valence-electron chi connectivity index (χ1n) is 4.09. The highest BCUT2D eigenvalue weighted by Crippen LogP contribution is 2.23. The zero-order chi connectivity index (χ0) is 9.68. The molecule has 0 bridgehead atoms. The first kappa shape index (κ1) is 10.7. The van der Waals surface area contributed by atoms with Gasteiger partial charge in [-0.15, -0.1) is 11.3 Å². The smallest absolute Gasteiger partial charge is 0.176 e. The third kappa shape index (κ3) is 3.10. The number of ether oxygens (including phenoxy) is 1. The van der Waals surface area contributed by atoms with Crippen molar-refractivity contribution in [3.05, 3.63) is 21.3 Å². The summed E-state index contributed by atoms with van der Waals surface area (Å²) < 4.78 is 5.08. The normalized spacial score (nSPS) is 10.3. The molecule has 1 heterocycles. The van der Waals surface area contributed by atoms with Gasteiger partial charge in [0, 0.05) is 13.0 Å². The standard InChI is InChI=1S/C9H11ClO2S/c1-2-12-5-3-8(11)9-7(10)4-6-13-9/h4,6H,2-3,5H2,1H3. The van der Waals surface area contributed by atoms with Crippen LogP contribution in [0.5, 0.6) is 0 Å². The Bertz CT molecular complexity index is 283. The first-order chi connectivity index (χ1) is 6.25. The lowest BCUT2D eigenvalue weighted by atomic mass is 10.2. The van der Waals surface area contributed by atoms with E-state index in [0.717, 1.165) is 0 Å². The maximum Gasteiger partial charge on any atom is 0.176 e. The predicted octanol–water partition coefficient (Wildman–Crippen LogP) is 3.01. The Balaban J connectivity index is 2.45. The summed E-state index contributed by atoms with van der Waals surface area (Å²) in [6.07, 6.45) is 0.411. The van der Waals surface area contributed by atoms with E-state index >= 15 is 0 Å². The zero-order valence-electron chi connectivity index (χ0n) is 7.38. The van der Waals surface area contributed by atoms with E-state index in [1.54, 1.807) is 6.07 Å². The van der Waals surface area contributed by atoms with E-state index in [4.69, 9.17) is 16.3 Å². The summed E-state index contributed by atoms with van der Waals surface area (Å²) in [4.78, 5) is 12.1. The number of hydrogen-bond donors (Lipinski definition) is 0. The van der Waals surface area contributed by atoms with Crippen LogP contribution in [-0.4, -0.2) is 19.0 Å². The van der Waals surface area contributed by atoms with Crippen molar-refractivity contribution in [1.29, 1.82) is 0 Å². The highest BCUT2D eigenvalue weighted by atomic mass is 35.5. The van der Waals surface area contributed by atoms with Crippen LogP contribution >= 0.6 is 22.9 Å². The molecule has 0 saturated heterocycles. The Morgan fingerprint density at radius 1 is 1.69 bits per heavy atom. The first-order valence-corrected chi connectivity index (χ1v) is 5.35. The topological polar surface area (TPSA) is 26.3 Å². The van der Waals surface area contributed by atoms with E-state index in [1.165, 1.54) is 11.3 Å². The second-order valence-electron chi connectivity index (χ2n) is 2.47. The second-order valence-corrected chi connectivity index (χ2v) is 3.79. The lowest BCUT2D eigenvalue weighted by Crippen LogP contribution is -2.03. The molecule has 0 aliphatic carbocycles. The Labute approximate surface area is 86.5 Å². The van der Waals surface area contributed by atoms with Gasteiger partial charge in [-0.1, -0.05) is 11.6 Å². The van der Waals surface area contributed by atoms with Crippen LogP contribution in [0.15, 0.2) is 11.4 Å². The molecule has 0 aromatic carbocycles. The fraction of sp³-hybridized carbons (Fsp3) is 0.444. The van der Waals surface area contributed by atoms with Gasteiger partial charge in [0.25, 0.3) is 0 Å². The summed E-state index contributed by atoms with van der Waals surface area (Å²) in [5, 5.41) is 2.36. The van der Waals surface area contributed by atoms with Crippen molar-refractivity contribution in [3.63, 3.8) is 0 Å². The fourth-order valence-corrected chi connectivity index (χ4v) is 2.05. The van der Waals surface area contributed by atoms with Crippen LogP contribution in [0, 0.1) is 0 Å². The molecule has 0 radical (unpaired) electrons. The Morgan fingerprint density at radius 2 is 2.46 bits per heavy atom. The van der Waals surface area contributed by atoms with Crippen molar-refractivity contribution in [2.24, 2.45) is 0 Å². The molecule has 0 unspecified atom stereocenters.